The van der Waals surface area contributed by atoms with Crippen LogP contribution in [0.4, 0.5) is 0 Å². The minimum absolute atomic E-state index is 0.0696. The van der Waals surface area contributed by atoms with E-state index in [1.807, 2.05) is 60.7 Å². The first-order valence-electron chi connectivity index (χ1n) is 10.3. The maximum absolute atomic E-state index is 12.4. The van der Waals surface area contributed by atoms with Gasteiger partial charge in [0, 0.05) is 0 Å². The molecular formula is C26H21N3O4. The summed E-state index contributed by atoms with van der Waals surface area (Å²) in [4.78, 5) is 46.6. The lowest BCUT2D eigenvalue weighted by Gasteiger charge is -2.11. The number of benzene rings is 2. The van der Waals surface area contributed by atoms with Crippen molar-refractivity contribution in [1.82, 2.24) is 15.0 Å². The SMILES string of the molecule is CC(C(=O)Oc1ccc(/C=c2\[nH]c(=O)/c(=C/c3ccccc3)[nH]c2=O)nc1)c1ccccc1. The quantitative estimate of drug-likeness (QED) is 0.462. The number of H-pyrrole nitrogens is 2. The molecule has 33 heavy (non-hydrogen) atoms. The van der Waals surface area contributed by atoms with Crippen LogP contribution in [0.5, 0.6) is 5.75 Å². The van der Waals surface area contributed by atoms with Crippen molar-refractivity contribution in [2.75, 3.05) is 0 Å². The zero-order chi connectivity index (χ0) is 23.2. The minimum atomic E-state index is -0.453. The highest BCUT2D eigenvalue weighted by molar-refractivity contribution is 5.79. The smallest absolute Gasteiger partial charge is 0.318 e. The van der Waals surface area contributed by atoms with Crippen LogP contribution >= 0.6 is 0 Å². The summed E-state index contributed by atoms with van der Waals surface area (Å²) in [7, 11) is 0. The molecule has 0 fully saturated rings. The number of rotatable bonds is 5. The number of aromatic nitrogens is 3. The number of carbonyl (C=O) groups excluding carboxylic acids is 1. The van der Waals surface area contributed by atoms with Crippen LogP contribution in [0.1, 0.15) is 29.7 Å². The van der Waals surface area contributed by atoms with E-state index < -0.39 is 23.0 Å². The van der Waals surface area contributed by atoms with Crippen LogP contribution < -0.4 is 26.6 Å². The molecule has 4 rings (SSSR count). The van der Waals surface area contributed by atoms with Gasteiger partial charge in [0.1, 0.15) is 16.4 Å². The van der Waals surface area contributed by atoms with Gasteiger partial charge < -0.3 is 14.7 Å². The Balaban J connectivity index is 1.54. The third kappa shape index (κ3) is 5.40. The zero-order valence-electron chi connectivity index (χ0n) is 17.8. The number of ether oxygens (including phenoxy) is 1. The summed E-state index contributed by atoms with van der Waals surface area (Å²) in [5.74, 6) is -0.534. The van der Waals surface area contributed by atoms with E-state index in [9.17, 15) is 14.4 Å². The summed E-state index contributed by atoms with van der Waals surface area (Å²) >= 11 is 0. The third-order valence-corrected chi connectivity index (χ3v) is 5.02. The molecule has 4 aromatic rings. The van der Waals surface area contributed by atoms with Crippen LogP contribution in [0, 0.1) is 0 Å². The van der Waals surface area contributed by atoms with Crippen LogP contribution in [0.2, 0.25) is 0 Å². The van der Waals surface area contributed by atoms with Crippen molar-refractivity contribution < 1.29 is 9.53 Å². The van der Waals surface area contributed by atoms with Gasteiger partial charge in [-0.1, -0.05) is 60.7 Å². The van der Waals surface area contributed by atoms with Crippen molar-refractivity contribution in [3.05, 3.63) is 127 Å². The summed E-state index contributed by atoms with van der Waals surface area (Å²) in [5.41, 5.74) is 1.20. The Morgan fingerprint density at radius 3 is 2.06 bits per heavy atom. The highest BCUT2D eigenvalue weighted by Gasteiger charge is 2.17. The fourth-order valence-corrected chi connectivity index (χ4v) is 3.18. The van der Waals surface area contributed by atoms with Gasteiger partial charge in [-0.25, -0.2) is 0 Å². The molecule has 0 spiro atoms. The largest absolute Gasteiger partial charge is 0.424 e. The molecule has 0 saturated heterocycles. The lowest BCUT2D eigenvalue weighted by molar-refractivity contribution is -0.135. The first kappa shape index (κ1) is 21.7. The third-order valence-electron chi connectivity index (χ3n) is 5.02. The average molecular weight is 439 g/mol. The van der Waals surface area contributed by atoms with Gasteiger partial charge in [0.15, 0.2) is 0 Å². The minimum Gasteiger partial charge on any atom is -0.424 e. The highest BCUT2D eigenvalue weighted by atomic mass is 16.5. The number of nitrogens with zero attached hydrogens (tertiary/aromatic N) is 1. The lowest BCUT2D eigenvalue weighted by Crippen LogP contribution is -2.46. The summed E-state index contributed by atoms with van der Waals surface area (Å²) in [6.07, 6.45) is 4.44. The van der Waals surface area contributed by atoms with Gasteiger partial charge in [-0.15, -0.1) is 0 Å². The Kier molecular flexibility index (Phi) is 6.40. The van der Waals surface area contributed by atoms with Gasteiger partial charge in [-0.05, 0) is 42.3 Å². The van der Waals surface area contributed by atoms with Gasteiger partial charge in [0.25, 0.3) is 11.1 Å². The van der Waals surface area contributed by atoms with Gasteiger partial charge in [0.2, 0.25) is 0 Å². The summed E-state index contributed by atoms with van der Waals surface area (Å²) < 4.78 is 5.41. The number of hydrogen-bond donors (Lipinski definition) is 2. The van der Waals surface area contributed by atoms with Crippen molar-refractivity contribution in [1.29, 1.82) is 0 Å². The normalized spacial score (nSPS) is 13.0. The molecule has 2 heterocycles. The maximum atomic E-state index is 12.4. The second-order valence-corrected chi connectivity index (χ2v) is 7.41. The zero-order valence-corrected chi connectivity index (χ0v) is 17.8. The first-order valence-corrected chi connectivity index (χ1v) is 10.3. The van der Waals surface area contributed by atoms with E-state index in [4.69, 9.17) is 4.74 Å². The second-order valence-electron chi connectivity index (χ2n) is 7.41. The van der Waals surface area contributed by atoms with Crippen LogP contribution in [0.25, 0.3) is 12.2 Å². The van der Waals surface area contributed by atoms with E-state index in [0.29, 0.717) is 5.69 Å². The topological polar surface area (TPSA) is 105 Å². The molecule has 2 N–H and O–H groups in total. The van der Waals surface area contributed by atoms with E-state index in [1.54, 1.807) is 25.1 Å². The van der Waals surface area contributed by atoms with Crippen molar-refractivity contribution in [3.8, 4) is 5.75 Å². The molecule has 0 aliphatic carbocycles. The van der Waals surface area contributed by atoms with Crippen molar-refractivity contribution >= 4 is 18.1 Å². The van der Waals surface area contributed by atoms with Crippen LogP contribution in [0.15, 0.2) is 88.6 Å². The molecule has 0 aliphatic rings. The molecule has 2 aromatic carbocycles. The Bertz CT molecular complexity index is 1490. The van der Waals surface area contributed by atoms with Crippen LogP contribution in [0.3, 0.4) is 0 Å². The van der Waals surface area contributed by atoms with E-state index in [0.717, 1.165) is 11.1 Å². The molecule has 0 amide bonds. The van der Waals surface area contributed by atoms with Gasteiger partial charge in [-0.3, -0.25) is 19.4 Å². The van der Waals surface area contributed by atoms with Gasteiger partial charge in [-0.2, -0.15) is 0 Å². The van der Waals surface area contributed by atoms with Gasteiger partial charge >= 0.3 is 5.97 Å². The fraction of sp³-hybridized carbons (Fsp3) is 0.0769. The van der Waals surface area contributed by atoms with Crippen molar-refractivity contribution in [2.24, 2.45) is 0 Å². The molecule has 164 valence electrons. The monoisotopic (exact) mass is 439 g/mol. The predicted octanol–water partition coefficient (Wildman–Crippen LogP) is 1.82. The number of hydrogen-bond acceptors (Lipinski definition) is 5. The molecule has 0 saturated carbocycles. The molecule has 0 radical (unpaired) electrons. The Morgan fingerprint density at radius 1 is 0.848 bits per heavy atom. The fourth-order valence-electron chi connectivity index (χ4n) is 3.18. The van der Waals surface area contributed by atoms with E-state index in [-0.39, 0.29) is 16.4 Å². The van der Waals surface area contributed by atoms with Crippen molar-refractivity contribution in [2.45, 2.75) is 12.8 Å². The molecule has 7 heteroatoms. The first-order chi connectivity index (χ1) is 16.0. The molecule has 1 unspecified atom stereocenters. The van der Waals surface area contributed by atoms with Crippen LogP contribution in [-0.2, 0) is 4.79 Å². The van der Waals surface area contributed by atoms with E-state index >= 15 is 0 Å². The Labute approximate surface area is 188 Å². The molecular weight excluding hydrogens is 418 g/mol. The summed E-state index contributed by atoms with van der Waals surface area (Å²) in [5, 5.41) is 0.228. The molecule has 0 bridgehead atoms. The molecule has 1 atom stereocenters. The van der Waals surface area contributed by atoms with Gasteiger partial charge in [0.05, 0.1) is 17.8 Å². The number of pyridine rings is 1. The summed E-state index contributed by atoms with van der Waals surface area (Å²) in [6, 6.07) is 21.7. The molecule has 2 aromatic heterocycles. The number of carbonyl (C=O) groups is 1. The Hall–Kier alpha value is -4.52. The lowest BCUT2D eigenvalue weighted by atomic mass is 10.0. The number of aromatic amines is 2. The summed E-state index contributed by atoms with van der Waals surface area (Å²) in [6.45, 7) is 1.77. The highest BCUT2D eigenvalue weighted by Crippen LogP contribution is 2.18. The number of nitrogens with one attached hydrogen (secondary N) is 2. The maximum Gasteiger partial charge on any atom is 0.318 e. The standard InChI is InChI=1S/C26H21N3O4/c1-17(19-10-6-3-7-11-19)26(32)33-21-13-12-20(27-16-21)15-23-25(31)28-22(24(30)29-23)14-18-8-4-2-5-9-18/h2-17H,1H3,(H,28,31)(H,29,30)/b22-14-,23-15-. The molecule has 0 aliphatic heterocycles. The second kappa shape index (κ2) is 9.74. The average Bonchev–Trinajstić information content (AvgIpc) is 2.84. The number of esters is 1. The molecule has 7 nitrogen and oxygen atoms in total. The van der Waals surface area contributed by atoms with E-state index in [1.165, 1.54) is 12.3 Å². The van der Waals surface area contributed by atoms with Crippen molar-refractivity contribution in [3.63, 3.8) is 0 Å². The predicted molar refractivity (Wildman–Crippen MR) is 125 cm³/mol. The van der Waals surface area contributed by atoms with Crippen LogP contribution in [-0.4, -0.2) is 20.9 Å². The van der Waals surface area contributed by atoms with E-state index in [2.05, 4.69) is 15.0 Å². The Morgan fingerprint density at radius 2 is 1.45 bits per heavy atom.